The number of hydrogen-bond donors (Lipinski definition) is 1. The van der Waals surface area contributed by atoms with Crippen LogP contribution in [0.3, 0.4) is 0 Å². The molecule has 0 aliphatic rings. The third-order valence-electron chi connectivity index (χ3n) is 5.61. The average Bonchev–Trinajstić information content (AvgIpc) is 2.84. The Kier molecular flexibility index (Phi) is 7.99. The molecule has 0 aliphatic carbocycles. The van der Waals surface area contributed by atoms with Crippen LogP contribution in [0.15, 0.2) is 72.9 Å². The Hall–Kier alpha value is -2.73. The van der Waals surface area contributed by atoms with Crippen LogP contribution in [0.2, 0.25) is 5.02 Å². The maximum Gasteiger partial charge on any atom is 0.263 e. The maximum atomic E-state index is 13.2. The highest BCUT2D eigenvalue weighted by molar-refractivity contribution is 6.31. The molecule has 0 saturated carbocycles. The van der Waals surface area contributed by atoms with Crippen molar-refractivity contribution in [3.05, 3.63) is 100 Å². The van der Waals surface area contributed by atoms with E-state index in [0.717, 1.165) is 27.6 Å². The van der Waals surface area contributed by atoms with Gasteiger partial charge in [0.25, 0.3) is 6.43 Å². The monoisotopic (exact) mass is 500 g/mol. The molecule has 1 atom stereocenters. The fourth-order valence-corrected chi connectivity index (χ4v) is 4.33. The Morgan fingerprint density at radius 2 is 1.85 bits per heavy atom. The summed E-state index contributed by atoms with van der Waals surface area (Å²) in [6.07, 6.45) is -0.281. The molecule has 0 bridgehead atoms. The Balaban J connectivity index is 1.60. The van der Waals surface area contributed by atoms with Gasteiger partial charge in [0, 0.05) is 40.0 Å². The van der Waals surface area contributed by atoms with Crippen LogP contribution in [0.4, 0.5) is 8.78 Å². The topological polar surface area (TPSA) is 34.1 Å². The number of para-hydroxylation sites is 1. The van der Waals surface area contributed by atoms with E-state index in [4.69, 9.17) is 27.9 Å². The molecule has 176 valence electrons. The van der Waals surface area contributed by atoms with Gasteiger partial charge in [-0.05, 0) is 48.7 Å². The SMILES string of the molecule is Cc1ccc(CC(CCl)NCc2c(Oc3cccc(C(F)F)c3)cnc3ccccc23)c(Cl)c1. The quantitative estimate of drug-likeness (QED) is 0.237. The number of fused-ring (bicyclic) bond motifs is 1. The predicted molar refractivity (Wildman–Crippen MR) is 134 cm³/mol. The van der Waals surface area contributed by atoms with Gasteiger partial charge in [0.05, 0.1) is 11.7 Å². The lowest BCUT2D eigenvalue weighted by atomic mass is 10.0. The molecule has 0 aliphatic heterocycles. The molecule has 0 amide bonds. The van der Waals surface area contributed by atoms with Crippen molar-refractivity contribution in [1.29, 1.82) is 0 Å². The second-order valence-electron chi connectivity index (χ2n) is 8.12. The number of aryl methyl sites for hydroxylation is 1. The number of nitrogens with zero attached hydrogens (tertiary/aromatic N) is 1. The standard InChI is InChI=1S/C27H24Cl2F2N2O/c1-17-9-10-18(24(29)11-17)12-20(14-28)32-15-23-22-7-2-3-8-25(22)33-16-26(23)34-21-6-4-5-19(13-21)27(30)31/h2-11,13,16,20,27,32H,12,14-15H2,1H3. The maximum absolute atomic E-state index is 13.2. The minimum absolute atomic E-state index is 0.0381. The van der Waals surface area contributed by atoms with Crippen LogP contribution in [-0.4, -0.2) is 16.9 Å². The van der Waals surface area contributed by atoms with Crippen LogP contribution >= 0.6 is 23.2 Å². The molecule has 1 unspecified atom stereocenters. The van der Waals surface area contributed by atoms with Gasteiger partial charge in [0.1, 0.15) is 5.75 Å². The molecular weight excluding hydrogens is 477 g/mol. The summed E-state index contributed by atoms with van der Waals surface area (Å²) in [5.41, 5.74) is 3.72. The van der Waals surface area contributed by atoms with Gasteiger partial charge in [-0.25, -0.2) is 8.78 Å². The smallest absolute Gasteiger partial charge is 0.263 e. The summed E-state index contributed by atoms with van der Waals surface area (Å²) in [5.74, 6) is 1.22. The molecule has 1 aromatic heterocycles. The number of alkyl halides is 3. The van der Waals surface area contributed by atoms with Crippen LogP contribution in [0.25, 0.3) is 10.9 Å². The van der Waals surface area contributed by atoms with Crippen molar-refractivity contribution in [3.63, 3.8) is 0 Å². The zero-order valence-electron chi connectivity index (χ0n) is 18.6. The molecule has 0 spiro atoms. The summed E-state index contributed by atoms with van der Waals surface area (Å²) in [4.78, 5) is 4.49. The highest BCUT2D eigenvalue weighted by atomic mass is 35.5. The number of benzene rings is 3. The normalized spacial score (nSPS) is 12.3. The lowest BCUT2D eigenvalue weighted by Gasteiger charge is -2.20. The minimum atomic E-state index is -2.57. The Morgan fingerprint density at radius 3 is 2.62 bits per heavy atom. The number of ether oxygens (including phenoxy) is 1. The Morgan fingerprint density at radius 1 is 1.03 bits per heavy atom. The summed E-state index contributed by atoms with van der Waals surface area (Å²) in [5, 5.41) is 5.14. The van der Waals surface area contributed by atoms with E-state index in [1.807, 2.05) is 49.4 Å². The Labute approximate surface area is 207 Å². The molecule has 0 fully saturated rings. The summed E-state index contributed by atoms with van der Waals surface area (Å²) in [6.45, 7) is 2.45. The van der Waals surface area contributed by atoms with Crippen molar-refractivity contribution in [1.82, 2.24) is 10.3 Å². The van der Waals surface area contributed by atoms with Gasteiger partial charge in [-0.3, -0.25) is 4.98 Å². The molecule has 4 rings (SSSR count). The fraction of sp³-hybridized carbons (Fsp3) is 0.222. The third-order valence-corrected chi connectivity index (χ3v) is 6.34. The van der Waals surface area contributed by atoms with Gasteiger partial charge in [0.15, 0.2) is 5.75 Å². The van der Waals surface area contributed by atoms with Gasteiger partial charge in [0.2, 0.25) is 0 Å². The number of rotatable bonds is 9. The molecule has 7 heteroatoms. The Bertz CT molecular complexity index is 1280. The van der Waals surface area contributed by atoms with Gasteiger partial charge >= 0.3 is 0 Å². The summed E-state index contributed by atoms with van der Waals surface area (Å²) in [7, 11) is 0. The zero-order chi connectivity index (χ0) is 24.1. The van der Waals surface area contributed by atoms with E-state index in [-0.39, 0.29) is 11.6 Å². The van der Waals surface area contributed by atoms with Gasteiger partial charge in [-0.2, -0.15) is 0 Å². The lowest BCUT2D eigenvalue weighted by Crippen LogP contribution is -2.32. The average molecular weight is 501 g/mol. The highest BCUT2D eigenvalue weighted by Crippen LogP contribution is 2.32. The van der Waals surface area contributed by atoms with Crippen molar-refractivity contribution in [2.24, 2.45) is 0 Å². The first-order valence-corrected chi connectivity index (χ1v) is 11.8. The first-order chi connectivity index (χ1) is 16.4. The first-order valence-electron chi connectivity index (χ1n) is 10.9. The molecular formula is C27H24Cl2F2N2O. The van der Waals surface area contributed by atoms with Crippen molar-refractivity contribution in [2.45, 2.75) is 32.4 Å². The summed E-state index contributed by atoms with van der Waals surface area (Å²) < 4.78 is 32.3. The lowest BCUT2D eigenvalue weighted by molar-refractivity contribution is 0.151. The van der Waals surface area contributed by atoms with Crippen molar-refractivity contribution in [2.75, 3.05) is 5.88 Å². The molecule has 3 aromatic carbocycles. The molecule has 1 N–H and O–H groups in total. The predicted octanol–water partition coefficient (Wildman–Crippen LogP) is 7.87. The molecule has 3 nitrogen and oxygen atoms in total. The van der Waals surface area contributed by atoms with Crippen molar-refractivity contribution in [3.8, 4) is 11.5 Å². The molecule has 4 aromatic rings. The molecule has 0 radical (unpaired) electrons. The van der Waals surface area contributed by atoms with Gasteiger partial charge < -0.3 is 10.1 Å². The second kappa shape index (κ2) is 11.1. The summed E-state index contributed by atoms with van der Waals surface area (Å²) in [6, 6.07) is 19.6. The molecule has 34 heavy (non-hydrogen) atoms. The molecule has 0 saturated heterocycles. The number of aromatic nitrogens is 1. The minimum Gasteiger partial charge on any atom is -0.455 e. The number of hydrogen-bond acceptors (Lipinski definition) is 3. The van der Waals surface area contributed by atoms with E-state index in [9.17, 15) is 8.78 Å². The second-order valence-corrected chi connectivity index (χ2v) is 8.84. The third kappa shape index (κ3) is 5.84. The summed E-state index contributed by atoms with van der Waals surface area (Å²) >= 11 is 12.7. The van der Waals surface area contributed by atoms with Crippen molar-refractivity contribution < 1.29 is 13.5 Å². The van der Waals surface area contributed by atoms with Crippen molar-refractivity contribution >= 4 is 34.1 Å². The zero-order valence-corrected chi connectivity index (χ0v) is 20.1. The molecule has 1 heterocycles. The van der Waals surface area contributed by atoms with E-state index in [2.05, 4.69) is 10.3 Å². The first kappa shape index (κ1) is 24.4. The van der Waals surface area contributed by atoms with E-state index in [1.54, 1.807) is 18.3 Å². The van der Waals surface area contributed by atoms with Crippen LogP contribution < -0.4 is 10.1 Å². The number of pyridine rings is 1. The van der Waals surface area contributed by atoms with Gasteiger partial charge in [-0.1, -0.05) is 54.1 Å². The highest BCUT2D eigenvalue weighted by Gasteiger charge is 2.16. The van der Waals surface area contributed by atoms with Crippen LogP contribution in [0, 0.1) is 6.92 Å². The van der Waals surface area contributed by atoms with Crippen LogP contribution in [0.5, 0.6) is 11.5 Å². The van der Waals surface area contributed by atoms with Crippen LogP contribution in [0.1, 0.15) is 28.7 Å². The van der Waals surface area contributed by atoms with E-state index in [0.29, 0.717) is 35.4 Å². The van der Waals surface area contributed by atoms with E-state index in [1.165, 1.54) is 12.1 Å². The van der Waals surface area contributed by atoms with E-state index < -0.39 is 6.43 Å². The number of nitrogens with one attached hydrogen (secondary N) is 1. The fourth-order valence-electron chi connectivity index (χ4n) is 3.80. The van der Waals surface area contributed by atoms with Gasteiger partial charge in [-0.15, -0.1) is 11.6 Å². The number of halogens is 4. The van der Waals surface area contributed by atoms with E-state index >= 15 is 0 Å². The van der Waals surface area contributed by atoms with Crippen LogP contribution in [-0.2, 0) is 13.0 Å². The largest absolute Gasteiger partial charge is 0.455 e.